The van der Waals surface area contributed by atoms with Crippen LogP contribution in [-0.2, 0) is 4.43 Å². The number of rotatable bonds is 8. The van der Waals surface area contributed by atoms with Gasteiger partial charge < -0.3 is 14.3 Å². The number of aliphatic hydroxyl groups excluding tert-OH is 1. The molecule has 0 aromatic heterocycles. The zero-order valence-electron chi connectivity index (χ0n) is 18.8. The van der Waals surface area contributed by atoms with Gasteiger partial charge in [-0.05, 0) is 15.4 Å². The second kappa shape index (κ2) is 9.64. The van der Waals surface area contributed by atoms with Gasteiger partial charge in [0.15, 0.2) is 0 Å². The lowest BCUT2D eigenvalue weighted by Crippen LogP contribution is -2.66. The lowest BCUT2D eigenvalue weighted by molar-refractivity contribution is -0.385. The van der Waals surface area contributed by atoms with E-state index in [2.05, 4.69) is 45.0 Å². The topological polar surface area (TPSA) is 81.8 Å². The number of benzene rings is 3. The molecule has 0 spiro atoms. The average Bonchev–Trinajstić information content (AvgIpc) is 2.79. The molecule has 7 heteroatoms. The fourth-order valence-electron chi connectivity index (χ4n) is 4.23. The minimum Gasteiger partial charge on any atom is -0.490 e. The fourth-order valence-corrected chi connectivity index (χ4v) is 8.79. The van der Waals surface area contributed by atoms with E-state index in [0.29, 0.717) is 5.56 Å². The summed E-state index contributed by atoms with van der Waals surface area (Å²) in [5.74, 6) is 0.0519. The second-order valence-electron chi connectivity index (χ2n) is 8.65. The third-order valence-corrected chi connectivity index (χ3v) is 10.7. The summed E-state index contributed by atoms with van der Waals surface area (Å²) in [6.45, 7) is 6.43. The van der Waals surface area contributed by atoms with Crippen molar-refractivity contribution in [3.63, 3.8) is 0 Å². The highest BCUT2D eigenvalue weighted by molar-refractivity contribution is 6.99. The maximum Gasteiger partial charge on any atom is 0.311 e. The van der Waals surface area contributed by atoms with E-state index in [9.17, 15) is 15.2 Å². The predicted molar refractivity (Wildman–Crippen MR) is 128 cm³/mol. The molecule has 3 rings (SSSR count). The third kappa shape index (κ3) is 4.45. The van der Waals surface area contributed by atoms with Crippen molar-refractivity contribution >= 4 is 24.4 Å². The van der Waals surface area contributed by atoms with Crippen LogP contribution in [0.1, 0.15) is 32.4 Å². The maximum atomic E-state index is 11.4. The van der Waals surface area contributed by atoms with Crippen LogP contribution in [0.5, 0.6) is 5.75 Å². The van der Waals surface area contributed by atoms with Gasteiger partial charge in [-0.2, -0.15) is 0 Å². The Kier molecular flexibility index (Phi) is 7.13. The summed E-state index contributed by atoms with van der Waals surface area (Å²) in [6, 6.07) is 24.8. The molecule has 32 heavy (non-hydrogen) atoms. The van der Waals surface area contributed by atoms with E-state index >= 15 is 0 Å². The number of ether oxygens (including phenoxy) is 1. The van der Waals surface area contributed by atoms with Gasteiger partial charge in [0, 0.05) is 11.6 Å². The van der Waals surface area contributed by atoms with Crippen molar-refractivity contribution in [2.24, 2.45) is 0 Å². The van der Waals surface area contributed by atoms with E-state index in [1.54, 1.807) is 12.1 Å². The first-order valence-electron chi connectivity index (χ1n) is 10.5. The predicted octanol–water partition coefficient (Wildman–Crippen LogP) is 4.21. The number of methoxy groups -OCH3 is 1. The van der Waals surface area contributed by atoms with Crippen molar-refractivity contribution in [1.29, 1.82) is 0 Å². The van der Waals surface area contributed by atoms with Crippen LogP contribution < -0.4 is 15.1 Å². The molecule has 0 fully saturated rings. The number of nitro benzene ring substituents is 1. The molecular formula is C25H29NO5Si. The molecule has 0 aliphatic carbocycles. The van der Waals surface area contributed by atoms with Crippen LogP contribution in [0, 0.1) is 10.1 Å². The van der Waals surface area contributed by atoms with Gasteiger partial charge in [0.1, 0.15) is 6.10 Å². The van der Waals surface area contributed by atoms with Gasteiger partial charge in [0.25, 0.3) is 8.32 Å². The van der Waals surface area contributed by atoms with Crippen LogP contribution in [0.4, 0.5) is 5.69 Å². The Hall–Kier alpha value is -3.00. The summed E-state index contributed by atoms with van der Waals surface area (Å²) >= 11 is 0. The Morgan fingerprint density at radius 3 is 1.91 bits per heavy atom. The molecular weight excluding hydrogens is 422 g/mol. The van der Waals surface area contributed by atoms with Gasteiger partial charge in [0.2, 0.25) is 5.75 Å². The number of hydrogen-bond donors (Lipinski definition) is 1. The van der Waals surface area contributed by atoms with Gasteiger partial charge in [-0.15, -0.1) is 0 Å². The quantitative estimate of drug-likeness (QED) is 0.315. The van der Waals surface area contributed by atoms with E-state index in [-0.39, 0.29) is 23.1 Å². The van der Waals surface area contributed by atoms with E-state index < -0.39 is 19.3 Å². The lowest BCUT2D eigenvalue weighted by atomic mass is 10.1. The molecule has 0 amide bonds. The van der Waals surface area contributed by atoms with E-state index in [0.717, 1.165) is 10.4 Å². The zero-order chi connectivity index (χ0) is 23.4. The largest absolute Gasteiger partial charge is 0.490 e. The Bertz CT molecular complexity index is 1010. The monoisotopic (exact) mass is 451 g/mol. The van der Waals surface area contributed by atoms with E-state index in [1.807, 2.05) is 36.4 Å². The fraction of sp³-hybridized carbons (Fsp3) is 0.280. The Balaban J connectivity index is 2.06. The summed E-state index contributed by atoms with van der Waals surface area (Å²) in [6.07, 6.45) is -1.09. The molecule has 1 atom stereocenters. The van der Waals surface area contributed by atoms with Gasteiger partial charge in [-0.3, -0.25) is 10.1 Å². The standard InChI is InChI=1S/C25H29NO5Si/c1-25(2,3)32(19-12-7-5-8-13-19,20-14-9-6-10-15-20)31-18-23(27)21-16-11-17-22(26(28)29)24(21)30-4/h5-17,23,27H,18H2,1-4H3/t23-/m1/s1. The molecule has 168 valence electrons. The molecule has 0 aliphatic rings. The van der Waals surface area contributed by atoms with Crippen LogP contribution in [-0.4, -0.2) is 32.1 Å². The third-order valence-electron chi connectivity index (χ3n) is 5.66. The summed E-state index contributed by atoms with van der Waals surface area (Å²) in [5.41, 5.74) is 0.147. The Morgan fingerprint density at radius 1 is 0.938 bits per heavy atom. The molecule has 3 aromatic rings. The Labute approximate surface area is 189 Å². The highest BCUT2D eigenvalue weighted by Gasteiger charge is 2.50. The molecule has 0 saturated carbocycles. The molecule has 1 N–H and O–H groups in total. The molecule has 0 heterocycles. The normalized spacial score (nSPS) is 12.9. The average molecular weight is 452 g/mol. The highest BCUT2D eigenvalue weighted by atomic mass is 28.4. The second-order valence-corrected chi connectivity index (χ2v) is 13.0. The molecule has 0 radical (unpaired) electrons. The maximum absolute atomic E-state index is 11.4. The molecule has 0 unspecified atom stereocenters. The van der Waals surface area contributed by atoms with E-state index in [1.165, 1.54) is 13.2 Å². The van der Waals surface area contributed by atoms with Crippen molar-refractivity contribution in [1.82, 2.24) is 0 Å². The summed E-state index contributed by atoms with van der Waals surface area (Å²) in [4.78, 5) is 10.9. The summed E-state index contributed by atoms with van der Waals surface area (Å²) in [7, 11) is -1.48. The minimum atomic E-state index is -2.84. The lowest BCUT2D eigenvalue weighted by Gasteiger charge is -2.43. The number of hydrogen-bond acceptors (Lipinski definition) is 5. The zero-order valence-corrected chi connectivity index (χ0v) is 19.8. The van der Waals surface area contributed by atoms with Crippen LogP contribution in [0.15, 0.2) is 78.9 Å². The SMILES string of the molecule is COc1c([C@H](O)CO[Si](c2ccccc2)(c2ccccc2)C(C)(C)C)cccc1[N+](=O)[O-]. The first kappa shape index (κ1) is 23.7. The van der Waals surface area contributed by atoms with Gasteiger partial charge >= 0.3 is 5.69 Å². The van der Waals surface area contributed by atoms with Crippen LogP contribution in [0.25, 0.3) is 0 Å². The minimum absolute atomic E-state index is 0.0230. The van der Waals surface area contributed by atoms with Crippen molar-refractivity contribution < 1.29 is 19.2 Å². The van der Waals surface area contributed by atoms with Crippen molar-refractivity contribution in [2.45, 2.75) is 31.9 Å². The van der Waals surface area contributed by atoms with Gasteiger partial charge in [-0.25, -0.2) is 0 Å². The number of nitrogens with zero attached hydrogens (tertiary/aromatic N) is 1. The summed E-state index contributed by atoms with van der Waals surface area (Å²) in [5, 5.41) is 24.4. The molecule has 6 nitrogen and oxygen atoms in total. The van der Waals surface area contributed by atoms with Crippen LogP contribution in [0.2, 0.25) is 5.04 Å². The smallest absolute Gasteiger partial charge is 0.311 e. The number of para-hydroxylation sites is 1. The van der Waals surface area contributed by atoms with Crippen LogP contribution >= 0.6 is 0 Å². The molecule has 0 aliphatic heterocycles. The molecule has 0 saturated heterocycles. The highest BCUT2D eigenvalue weighted by Crippen LogP contribution is 2.39. The van der Waals surface area contributed by atoms with E-state index in [4.69, 9.17) is 9.16 Å². The number of aliphatic hydroxyl groups is 1. The summed E-state index contributed by atoms with van der Waals surface area (Å²) < 4.78 is 12.0. The van der Waals surface area contributed by atoms with Gasteiger partial charge in [-0.1, -0.05) is 93.6 Å². The molecule has 0 bridgehead atoms. The van der Waals surface area contributed by atoms with Crippen molar-refractivity contribution in [3.8, 4) is 5.75 Å². The molecule has 3 aromatic carbocycles. The van der Waals surface area contributed by atoms with Crippen molar-refractivity contribution in [3.05, 3.63) is 94.5 Å². The first-order valence-corrected chi connectivity index (χ1v) is 12.4. The van der Waals surface area contributed by atoms with Crippen molar-refractivity contribution in [2.75, 3.05) is 13.7 Å². The Morgan fingerprint density at radius 2 is 1.47 bits per heavy atom. The van der Waals surface area contributed by atoms with Gasteiger partial charge in [0.05, 0.1) is 18.6 Å². The van der Waals surface area contributed by atoms with Crippen LogP contribution in [0.3, 0.4) is 0 Å². The number of nitro groups is 1. The first-order chi connectivity index (χ1) is 15.2.